The number of alkyl halides is 6. The molecule has 0 radical (unpaired) electrons. The van der Waals surface area contributed by atoms with Crippen LogP contribution < -0.4 is 0 Å². The van der Waals surface area contributed by atoms with E-state index in [-0.39, 0.29) is 73.6 Å². The molecule has 480 valence electrons. The van der Waals surface area contributed by atoms with Crippen LogP contribution >= 0.6 is 0 Å². The Balaban J connectivity index is 0.000000150. The Morgan fingerprint density at radius 1 is 0.451 bits per heavy atom. The Kier molecular flexibility index (Phi) is 17.8. The van der Waals surface area contributed by atoms with E-state index in [2.05, 4.69) is 48.4 Å². The summed E-state index contributed by atoms with van der Waals surface area (Å²) in [5.41, 5.74) is 4.70. The van der Waals surface area contributed by atoms with Crippen molar-refractivity contribution in [1.82, 2.24) is 28.4 Å². The third-order valence-electron chi connectivity index (χ3n) is 20.7. The van der Waals surface area contributed by atoms with Gasteiger partial charge in [0.15, 0.2) is 28.6 Å². The van der Waals surface area contributed by atoms with E-state index < -0.39 is 53.3 Å². The van der Waals surface area contributed by atoms with Crippen LogP contribution in [0.5, 0.6) is 0 Å². The van der Waals surface area contributed by atoms with Gasteiger partial charge in [0.05, 0.1) is 60.1 Å². The molecule has 6 fully saturated rings. The third-order valence-corrected chi connectivity index (χ3v) is 20.7. The van der Waals surface area contributed by atoms with Crippen LogP contribution in [-0.4, -0.2) is 146 Å². The lowest BCUT2D eigenvalue weighted by Crippen LogP contribution is -2.58. The van der Waals surface area contributed by atoms with Gasteiger partial charge in [-0.15, -0.1) is 0 Å². The summed E-state index contributed by atoms with van der Waals surface area (Å²) >= 11 is 0. The second-order valence-corrected chi connectivity index (χ2v) is 26.9. The first-order valence-corrected chi connectivity index (χ1v) is 30.9. The highest BCUT2D eigenvalue weighted by Gasteiger charge is 2.68. The summed E-state index contributed by atoms with van der Waals surface area (Å²) in [6.07, 6.45) is -5.85. The maximum Gasteiger partial charge on any atom is 0.418 e. The molecule has 6 aliphatic rings. The van der Waals surface area contributed by atoms with Gasteiger partial charge in [0.2, 0.25) is 0 Å². The number of Topliss-reactive ketones (excluding diaryl/α,β-unsaturated/α-hetero) is 3. The molecular weight excluding hydrogens is 1180 g/mol. The van der Waals surface area contributed by atoms with Gasteiger partial charge in [-0.3, -0.25) is 29.1 Å². The lowest BCUT2D eigenvalue weighted by molar-refractivity contribution is -0.278. The van der Waals surface area contributed by atoms with Crippen LogP contribution in [0.3, 0.4) is 0 Å². The number of aryl methyl sites for hydroxylation is 3. The number of carbonyl (C=O) groups excluding carboxylic acids is 3. The van der Waals surface area contributed by atoms with Crippen LogP contribution in [0.1, 0.15) is 167 Å². The molecule has 6 saturated heterocycles. The van der Waals surface area contributed by atoms with Crippen LogP contribution in [0.15, 0.2) is 91.0 Å². The lowest BCUT2D eigenvalue weighted by Gasteiger charge is -2.44. The van der Waals surface area contributed by atoms with Gasteiger partial charge < -0.3 is 29.0 Å². The van der Waals surface area contributed by atoms with Crippen LogP contribution in [0.25, 0.3) is 17.1 Å². The van der Waals surface area contributed by atoms with Gasteiger partial charge in [0.1, 0.15) is 0 Å². The second kappa shape index (κ2) is 24.4. The first-order chi connectivity index (χ1) is 42.7. The number of piperidine rings is 1. The molecule has 4 unspecified atom stereocenters. The SMILES string of the molecule is Cc1cc(C(=O)CN2C3CCC2[C@](O)(C(C)(C)C)C3)c(C)n1-c1ccc(C#N)cc1.Cc1cc(C(=O)CN2C3CCC2[C@](O)(C(F)(F)F)C3)c(C)n1-c1ccc(C#N)cc1.Cc1cc(C(=O)CN2[C@@H]3CC[C@@H]2CC(O)(C(F)(F)F)C3)c(C)n1-c1ccc(C#N)cc1. The highest BCUT2D eigenvalue weighted by atomic mass is 19.4. The van der Waals surface area contributed by atoms with E-state index >= 15 is 0 Å². The Hall–Kier alpha value is -7.68. The average molecular weight is 1250 g/mol. The molecule has 3 aromatic heterocycles. The van der Waals surface area contributed by atoms with E-state index in [9.17, 15) is 56.0 Å². The molecule has 12 rings (SSSR count). The summed E-state index contributed by atoms with van der Waals surface area (Å²) in [6, 6.07) is 31.1. The molecular formula is C70H77F6N9O6. The lowest BCUT2D eigenvalue weighted by atomic mass is 9.68. The molecule has 0 saturated carbocycles. The molecule has 0 amide bonds. The van der Waals surface area contributed by atoms with Crippen LogP contribution in [0.4, 0.5) is 26.3 Å². The molecule has 0 spiro atoms. The van der Waals surface area contributed by atoms with E-state index in [0.717, 1.165) is 70.4 Å². The van der Waals surface area contributed by atoms with Crippen molar-refractivity contribution in [2.75, 3.05) is 19.6 Å². The molecule has 3 aromatic carbocycles. The molecule has 0 aliphatic carbocycles. The first-order valence-electron chi connectivity index (χ1n) is 30.9. The standard InChI is InChI=1S/C25H31N3O2.C23H24F3N3O2.C22H22F3N3O2/c1-16-12-21(17(2)28(16)19-8-6-18(14-26)7-9-19)22(29)15-27-20-10-11-23(27)25(30,13-20)24(3,4)5;1-14-9-20(15(2)29(14)17-5-3-16(12-27)4-6-17)21(30)13-28-18-7-8-19(28)11-22(31,10-18)23(24,25)26;1-13-9-18(14(2)28(13)16-5-3-15(11-26)4-6-16)19(29)12-27-17-7-8-20(27)21(30,10-17)22(23,24)25/h6-9,12,20,23,30H,10-11,13,15H2,1-5H3;3-6,9,18-19,31H,7-8,10-11,13H2,1-2H3;3-6,9,17,20,30H,7-8,10,12H2,1-2H3/t20?,23?,25-;18-,19-;17?,20?,21-/m010/s1. The number of nitrogens with zero attached hydrogens (tertiary/aromatic N) is 9. The highest BCUT2D eigenvalue weighted by Crippen LogP contribution is 2.54. The fraction of sp³-hybridized carbons (Fsp3) is 0.486. The van der Waals surface area contributed by atoms with Crippen molar-refractivity contribution in [3.8, 4) is 35.3 Å². The van der Waals surface area contributed by atoms with Crippen molar-refractivity contribution in [1.29, 1.82) is 15.8 Å². The second-order valence-electron chi connectivity index (χ2n) is 26.9. The monoisotopic (exact) mass is 1250 g/mol. The van der Waals surface area contributed by atoms with Crippen molar-refractivity contribution in [3.05, 3.63) is 159 Å². The predicted molar refractivity (Wildman–Crippen MR) is 328 cm³/mol. The number of halogens is 6. The largest absolute Gasteiger partial charge is 0.418 e. The molecule has 21 heteroatoms. The van der Waals surface area contributed by atoms with Gasteiger partial charge >= 0.3 is 12.4 Å². The van der Waals surface area contributed by atoms with Crippen molar-refractivity contribution in [2.45, 2.75) is 192 Å². The maximum absolute atomic E-state index is 13.4. The normalized spacial score (nSPS) is 26.1. The smallest absolute Gasteiger partial charge is 0.388 e. The summed E-state index contributed by atoms with van der Waals surface area (Å²) < 4.78 is 86.1. The summed E-state index contributed by atoms with van der Waals surface area (Å²) in [6.45, 7) is 17.9. The van der Waals surface area contributed by atoms with Crippen LogP contribution in [0, 0.1) is 81.0 Å². The number of aliphatic hydroxyl groups is 3. The minimum Gasteiger partial charge on any atom is -0.388 e. The van der Waals surface area contributed by atoms with E-state index in [0.29, 0.717) is 59.3 Å². The van der Waals surface area contributed by atoms with E-state index in [1.54, 1.807) is 67.6 Å². The quantitative estimate of drug-likeness (QED) is 0.0772. The molecule has 6 aromatic rings. The fourth-order valence-electron chi connectivity index (χ4n) is 15.9. The first kappa shape index (κ1) is 66.2. The fourth-order valence-corrected chi connectivity index (χ4v) is 15.9. The summed E-state index contributed by atoms with van der Waals surface area (Å²) in [5, 5.41) is 58.8. The van der Waals surface area contributed by atoms with Crippen molar-refractivity contribution in [2.24, 2.45) is 5.41 Å². The number of rotatable bonds is 12. The van der Waals surface area contributed by atoms with Gasteiger partial charge in [0, 0.05) is 123 Å². The van der Waals surface area contributed by atoms with Gasteiger partial charge in [-0.25, -0.2) is 0 Å². The van der Waals surface area contributed by atoms with Crippen LogP contribution in [-0.2, 0) is 0 Å². The van der Waals surface area contributed by atoms with Gasteiger partial charge in [-0.05, 0) is 183 Å². The Morgan fingerprint density at radius 3 is 1.01 bits per heavy atom. The summed E-state index contributed by atoms with van der Waals surface area (Å²) in [7, 11) is 0. The number of ketones is 3. The number of carbonyl (C=O) groups is 3. The van der Waals surface area contributed by atoms with Gasteiger partial charge in [-0.1, -0.05) is 20.8 Å². The molecule has 6 bridgehead atoms. The van der Waals surface area contributed by atoms with E-state index in [1.165, 1.54) is 4.90 Å². The Morgan fingerprint density at radius 2 is 0.736 bits per heavy atom. The zero-order valence-electron chi connectivity index (χ0n) is 52.7. The molecule has 3 N–H and O–H groups in total. The molecule has 9 heterocycles. The highest BCUT2D eigenvalue weighted by molar-refractivity contribution is 6.00. The predicted octanol–water partition coefficient (Wildman–Crippen LogP) is 11.9. The van der Waals surface area contributed by atoms with Crippen molar-refractivity contribution < 1.29 is 56.0 Å². The van der Waals surface area contributed by atoms with Crippen molar-refractivity contribution >= 4 is 17.3 Å². The molecule has 6 aliphatic heterocycles. The summed E-state index contributed by atoms with van der Waals surface area (Å²) in [5.74, 6) is -0.285. The number of aromatic nitrogens is 3. The molecule has 91 heavy (non-hydrogen) atoms. The number of nitriles is 3. The zero-order chi connectivity index (χ0) is 66.2. The molecule has 8 atom stereocenters. The zero-order valence-corrected chi connectivity index (χ0v) is 52.7. The Labute approximate surface area is 526 Å². The minimum absolute atomic E-state index is 0.0426. The van der Waals surface area contributed by atoms with Gasteiger partial charge in [-0.2, -0.15) is 42.1 Å². The molecule has 15 nitrogen and oxygen atoms in total. The Bertz CT molecular complexity index is 3730. The van der Waals surface area contributed by atoms with E-state index in [4.69, 9.17) is 15.8 Å². The topological polar surface area (TPSA) is 208 Å². The summed E-state index contributed by atoms with van der Waals surface area (Å²) in [4.78, 5) is 45.1. The third kappa shape index (κ3) is 12.0. The average Bonchev–Trinajstić information content (AvgIpc) is 1.59. The minimum atomic E-state index is -4.71. The number of hydrogen-bond donors (Lipinski definition) is 3. The van der Waals surface area contributed by atoms with Crippen molar-refractivity contribution in [3.63, 3.8) is 0 Å². The number of fused-ring (bicyclic) bond motifs is 6. The van der Waals surface area contributed by atoms with Crippen LogP contribution in [0.2, 0.25) is 0 Å². The maximum atomic E-state index is 13.4. The van der Waals surface area contributed by atoms with E-state index in [1.807, 2.05) is 79.0 Å². The number of hydrogen-bond acceptors (Lipinski definition) is 12. The number of benzene rings is 3. The van der Waals surface area contributed by atoms with Gasteiger partial charge in [0.25, 0.3) is 0 Å².